The van der Waals surface area contributed by atoms with Crippen molar-refractivity contribution < 1.29 is 14.3 Å². The van der Waals surface area contributed by atoms with E-state index in [0.29, 0.717) is 0 Å². The van der Waals surface area contributed by atoms with Gasteiger partial charge in [-0.2, -0.15) is 0 Å². The van der Waals surface area contributed by atoms with E-state index in [1.807, 2.05) is 45.9 Å². The molecule has 0 bridgehead atoms. The number of nitrogens with one attached hydrogen (secondary N) is 1. The third kappa shape index (κ3) is 4.94. The number of benzene rings is 1. The van der Waals surface area contributed by atoms with Crippen molar-refractivity contribution in [2.45, 2.75) is 52.7 Å². The Morgan fingerprint density at radius 2 is 2.00 bits per heavy atom. The van der Waals surface area contributed by atoms with Gasteiger partial charge < -0.3 is 20.5 Å². The first-order chi connectivity index (χ1) is 10.8. The van der Waals surface area contributed by atoms with Crippen molar-refractivity contribution in [1.29, 1.82) is 0 Å². The summed E-state index contributed by atoms with van der Waals surface area (Å²) >= 11 is 0. The summed E-state index contributed by atoms with van der Waals surface area (Å²) in [5, 5.41) is 2.88. The Balaban J connectivity index is 2.00. The molecule has 0 radical (unpaired) electrons. The summed E-state index contributed by atoms with van der Waals surface area (Å²) in [7, 11) is 0. The van der Waals surface area contributed by atoms with Crippen LogP contribution in [0.3, 0.4) is 0 Å². The van der Waals surface area contributed by atoms with E-state index in [2.05, 4.69) is 5.32 Å². The zero-order chi connectivity index (χ0) is 17.0. The number of hydrogen-bond donors (Lipinski definition) is 2. The SMILES string of the molecule is Cc1cc(NC(=O)[C@@H](N)C(C)(C)C)ccc1OC1CCOCC1. The lowest BCUT2D eigenvalue weighted by molar-refractivity contribution is -0.119. The number of carbonyl (C=O) groups excluding carboxylic acids is 1. The van der Waals surface area contributed by atoms with E-state index in [9.17, 15) is 4.79 Å². The first-order valence-corrected chi connectivity index (χ1v) is 8.19. The largest absolute Gasteiger partial charge is 0.490 e. The number of aryl methyl sites for hydroxylation is 1. The average molecular weight is 320 g/mol. The molecule has 1 aliphatic rings. The molecule has 1 aliphatic heterocycles. The highest BCUT2D eigenvalue weighted by Crippen LogP contribution is 2.26. The highest BCUT2D eigenvalue weighted by Gasteiger charge is 2.27. The van der Waals surface area contributed by atoms with Crippen LogP contribution in [-0.4, -0.2) is 31.3 Å². The van der Waals surface area contributed by atoms with E-state index in [1.165, 1.54) is 0 Å². The molecule has 3 N–H and O–H groups in total. The lowest BCUT2D eigenvalue weighted by atomic mass is 9.87. The smallest absolute Gasteiger partial charge is 0.241 e. The number of carbonyl (C=O) groups is 1. The van der Waals surface area contributed by atoms with Gasteiger partial charge in [0.1, 0.15) is 11.9 Å². The molecule has 1 atom stereocenters. The Labute approximate surface area is 138 Å². The number of hydrogen-bond acceptors (Lipinski definition) is 4. The zero-order valence-electron chi connectivity index (χ0n) is 14.5. The monoisotopic (exact) mass is 320 g/mol. The highest BCUT2D eigenvalue weighted by molar-refractivity contribution is 5.95. The standard InChI is InChI=1S/C18H28N2O3/c1-12-11-13(20-17(21)16(19)18(2,3)4)5-6-15(12)23-14-7-9-22-10-8-14/h5-6,11,14,16H,7-10,19H2,1-4H3,(H,20,21)/t16-/m1/s1. The average Bonchev–Trinajstić information content (AvgIpc) is 2.49. The van der Waals surface area contributed by atoms with Gasteiger partial charge in [-0.15, -0.1) is 0 Å². The molecule has 1 fully saturated rings. The van der Waals surface area contributed by atoms with E-state index >= 15 is 0 Å². The summed E-state index contributed by atoms with van der Waals surface area (Å²) in [5.41, 5.74) is 7.45. The zero-order valence-corrected chi connectivity index (χ0v) is 14.5. The second-order valence-electron chi connectivity index (χ2n) is 7.24. The van der Waals surface area contributed by atoms with Crippen LogP contribution in [0.2, 0.25) is 0 Å². The Hall–Kier alpha value is -1.59. The highest BCUT2D eigenvalue weighted by atomic mass is 16.5. The Bertz CT molecular complexity index is 546. The van der Waals surface area contributed by atoms with Crippen molar-refractivity contribution in [3.63, 3.8) is 0 Å². The van der Waals surface area contributed by atoms with Gasteiger partial charge in [0.25, 0.3) is 0 Å². The molecular weight excluding hydrogens is 292 g/mol. The van der Waals surface area contributed by atoms with E-state index in [1.54, 1.807) is 0 Å². The molecule has 1 heterocycles. The van der Waals surface area contributed by atoms with Gasteiger partial charge in [-0.25, -0.2) is 0 Å². The molecule has 0 aliphatic carbocycles. The van der Waals surface area contributed by atoms with E-state index in [0.717, 1.165) is 43.1 Å². The van der Waals surface area contributed by atoms with Crippen molar-refractivity contribution in [2.75, 3.05) is 18.5 Å². The predicted octanol–water partition coefficient (Wildman–Crippen LogP) is 2.86. The minimum atomic E-state index is -0.555. The lowest BCUT2D eigenvalue weighted by Crippen LogP contribution is -2.45. The summed E-state index contributed by atoms with van der Waals surface area (Å²) in [5.74, 6) is 0.685. The Morgan fingerprint density at radius 1 is 1.35 bits per heavy atom. The molecule has 5 heteroatoms. The fourth-order valence-electron chi connectivity index (χ4n) is 2.45. The quantitative estimate of drug-likeness (QED) is 0.894. The maximum Gasteiger partial charge on any atom is 0.241 e. The van der Waals surface area contributed by atoms with Gasteiger partial charge >= 0.3 is 0 Å². The molecule has 0 saturated carbocycles. The lowest BCUT2D eigenvalue weighted by Gasteiger charge is -2.26. The van der Waals surface area contributed by atoms with Crippen LogP contribution in [0.4, 0.5) is 5.69 Å². The van der Waals surface area contributed by atoms with E-state index < -0.39 is 6.04 Å². The first kappa shape index (κ1) is 17.8. The maximum atomic E-state index is 12.2. The van der Waals surface area contributed by atoms with Crippen LogP contribution < -0.4 is 15.8 Å². The Kier molecular flexibility index (Phi) is 5.65. The molecule has 1 saturated heterocycles. The first-order valence-electron chi connectivity index (χ1n) is 8.19. The van der Waals surface area contributed by atoms with Gasteiger partial charge in [0.05, 0.1) is 19.3 Å². The van der Waals surface area contributed by atoms with Crippen LogP contribution in [0.1, 0.15) is 39.2 Å². The maximum absolute atomic E-state index is 12.2. The molecule has 1 amide bonds. The van der Waals surface area contributed by atoms with Gasteiger partial charge in [-0.05, 0) is 36.1 Å². The van der Waals surface area contributed by atoms with Crippen LogP contribution in [0.15, 0.2) is 18.2 Å². The van der Waals surface area contributed by atoms with Crippen molar-refractivity contribution in [2.24, 2.45) is 11.1 Å². The topological polar surface area (TPSA) is 73.6 Å². The minimum absolute atomic E-state index is 0.171. The van der Waals surface area contributed by atoms with Crippen LogP contribution in [0.5, 0.6) is 5.75 Å². The molecular formula is C18H28N2O3. The van der Waals surface area contributed by atoms with Crippen LogP contribution in [0.25, 0.3) is 0 Å². The second-order valence-corrected chi connectivity index (χ2v) is 7.24. The molecule has 128 valence electrons. The summed E-state index contributed by atoms with van der Waals surface area (Å²) in [6, 6.07) is 5.13. The van der Waals surface area contributed by atoms with Crippen molar-refractivity contribution in [3.8, 4) is 5.75 Å². The van der Waals surface area contributed by atoms with E-state index in [-0.39, 0.29) is 17.4 Å². The number of anilines is 1. The number of amides is 1. The third-order valence-corrected chi connectivity index (χ3v) is 4.12. The minimum Gasteiger partial charge on any atom is -0.490 e. The number of ether oxygens (including phenoxy) is 2. The Morgan fingerprint density at radius 3 is 2.57 bits per heavy atom. The fraction of sp³-hybridized carbons (Fsp3) is 0.611. The van der Waals surface area contributed by atoms with Gasteiger partial charge in [0, 0.05) is 18.5 Å². The molecule has 5 nitrogen and oxygen atoms in total. The molecule has 23 heavy (non-hydrogen) atoms. The van der Waals surface area contributed by atoms with Crippen molar-refractivity contribution in [1.82, 2.24) is 0 Å². The van der Waals surface area contributed by atoms with E-state index in [4.69, 9.17) is 15.2 Å². The van der Waals surface area contributed by atoms with Crippen LogP contribution >= 0.6 is 0 Å². The number of rotatable bonds is 4. The molecule has 2 rings (SSSR count). The molecule has 0 unspecified atom stereocenters. The fourth-order valence-corrected chi connectivity index (χ4v) is 2.45. The van der Waals surface area contributed by atoms with Gasteiger partial charge in [-0.3, -0.25) is 4.79 Å². The summed E-state index contributed by atoms with van der Waals surface area (Å²) in [6.07, 6.45) is 2.04. The second kappa shape index (κ2) is 7.32. The van der Waals surface area contributed by atoms with Crippen molar-refractivity contribution in [3.05, 3.63) is 23.8 Å². The van der Waals surface area contributed by atoms with Gasteiger partial charge in [0.2, 0.25) is 5.91 Å². The molecule has 1 aromatic rings. The molecule has 1 aromatic carbocycles. The summed E-state index contributed by atoms with van der Waals surface area (Å²) in [6.45, 7) is 9.34. The molecule has 0 aromatic heterocycles. The summed E-state index contributed by atoms with van der Waals surface area (Å²) in [4.78, 5) is 12.2. The van der Waals surface area contributed by atoms with Crippen molar-refractivity contribution >= 4 is 11.6 Å². The normalized spacial score (nSPS) is 17.6. The summed E-state index contributed by atoms with van der Waals surface area (Å²) < 4.78 is 11.4. The van der Waals surface area contributed by atoms with Crippen LogP contribution in [-0.2, 0) is 9.53 Å². The van der Waals surface area contributed by atoms with Gasteiger partial charge in [-0.1, -0.05) is 20.8 Å². The van der Waals surface area contributed by atoms with Crippen LogP contribution in [0, 0.1) is 12.3 Å². The number of nitrogens with two attached hydrogens (primary N) is 1. The predicted molar refractivity (Wildman–Crippen MR) is 91.7 cm³/mol. The third-order valence-electron chi connectivity index (χ3n) is 4.12. The molecule has 0 spiro atoms. The van der Waals surface area contributed by atoms with Gasteiger partial charge in [0.15, 0.2) is 0 Å².